The summed E-state index contributed by atoms with van der Waals surface area (Å²) in [6.07, 6.45) is 3.22. The van der Waals surface area contributed by atoms with Crippen LogP contribution in [0.1, 0.15) is 44.5 Å². The Labute approximate surface area is 120 Å². The number of anilines is 2. The van der Waals surface area contributed by atoms with Crippen molar-refractivity contribution in [1.82, 2.24) is 9.55 Å². The molecule has 0 fully saturated rings. The summed E-state index contributed by atoms with van der Waals surface area (Å²) in [5, 5.41) is 3.53. The van der Waals surface area contributed by atoms with Crippen molar-refractivity contribution < 1.29 is 0 Å². The minimum absolute atomic E-state index is 0.0820. The summed E-state index contributed by atoms with van der Waals surface area (Å²) in [5.41, 5.74) is 9.13. The van der Waals surface area contributed by atoms with E-state index in [0.717, 1.165) is 30.3 Å². The molecule has 0 saturated carbocycles. The Bertz CT molecular complexity index is 622. The van der Waals surface area contributed by atoms with Gasteiger partial charge in [-0.1, -0.05) is 32.9 Å². The van der Waals surface area contributed by atoms with Crippen LogP contribution >= 0.6 is 0 Å². The highest BCUT2D eigenvalue weighted by Crippen LogP contribution is 2.31. The van der Waals surface area contributed by atoms with E-state index in [1.807, 2.05) is 18.2 Å². The summed E-state index contributed by atoms with van der Waals surface area (Å²) >= 11 is 0. The number of imidazole rings is 1. The Kier molecular flexibility index (Phi) is 2.96. The van der Waals surface area contributed by atoms with Gasteiger partial charge in [0.05, 0.1) is 11.7 Å². The zero-order chi connectivity index (χ0) is 14.3. The molecule has 2 aromatic rings. The number of fused-ring (bicyclic) bond motifs is 1. The SMILES string of the molecule is CC(C)(C)c1cn2c(n1)NC(c1cccc(N)c1)CC2. The first-order valence-corrected chi connectivity index (χ1v) is 7.13. The summed E-state index contributed by atoms with van der Waals surface area (Å²) < 4.78 is 2.21. The first kappa shape index (κ1) is 13.0. The van der Waals surface area contributed by atoms with E-state index in [0.29, 0.717) is 6.04 Å². The summed E-state index contributed by atoms with van der Waals surface area (Å²) in [5.74, 6) is 0.966. The second kappa shape index (κ2) is 4.54. The molecule has 4 heteroatoms. The Morgan fingerprint density at radius 1 is 1.35 bits per heavy atom. The average molecular weight is 270 g/mol. The topological polar surface area (TPSA) is 55.9 Å². The molecule has 0 radical (unpaired) electrons. The highest BCUT2D eigenvalue weighted by atomic mass is 15.2. The van der Waals surface area contributed by atoms with Gasteiger partial charge < -0.3 is 15.6 Å². The van der Waals surface area contributed by atoms with Crippen LogP contribution in [0.5, 0.6) is 0 Å². The predicted molar refractivity (Wildman–Crippen MR) is 82.8 cm³/mol. The van der Waals surface area contributed by atoms with E-state index in [9.17, 15) is 0 Å². The smallest absolute Gasteiger partial charge is 0.203 e. The van der Waals surface area contributed by atoms with Gasteiger partial charge in [0.2, 0.25) is 5.95 Å². The molecule has 1 aromatic carbocycles. The summed E-state index contributed by atoms with van der Waals surface area (Å²) in [4.78, 5) is 4.74. The lowest BCUT2D eigenvalue weighted by Crippen LogP contribution is -2.21. The molecule has 1 unspecified atom stereocenters. The lowest BCUT2D eigenvalue weighted by Gasteiger charge is -2.25. The van der Waals surface area contributed by atoms with E-state index in [1.165, 1.54) is 5.56 Å². The van der Waals surface area contributed by atoms with Gasteiger partial charge in [-0.15, -0.1) is 0 Å². The van der Waals surface area contributed by atoms with Crippen LogP contribution in [0, 0.1) is 0 Å². The Hall–Kier alpha value is -1.97. The van der Waals surface area contributed by atoms with E-state index in [1.54, 1.807) is 0 Å². The molecule has 0 aliphatic carbocycles. The number of hydrogen-bond donors (Lipinski definition) is 2. The number of hydrogen-bond acceptors (Lipinski definition) is 3. The normalized spacial score (nSPS) is 18.4. The number of benzene rings is 1. The molecule has 0 spiro atoms. The second-order valence-electron chi connectivity index (χ2n) is 6.55. The largest absolute Gasteiger partial charge is 0.399 e. The molecular formula is C16H22N4. The first-order valence-electron chi connectivity index (χ1n) is 7.13. The molecule has 1 aliphatic rings. The number of nitrogens with one attached hydrogen (secondary N) is 1. The van der Waals surface area contributed by atoms with Gasteiger partial charge in [0.25, 0.3) is 0 Å². The van der Waals surface area contributed by atoms with Crippen molar-refractivity contribution >= 4 is 11.6 Å². The van der Waals surface area contributed by atoms with Crippen LogP contribution < -0.4 is 11.1 Å². The van der Waals surface area contributed by atoms with Crippen molar-refractivity contribution in [3.05, 3.63) is 41.7 Å². The number of aromatic nitrogens is 2. The monoisotopic (exact) mass is 270 g/mol. The summed E-state index contributed by atoms with van der Waals surface area (Å²) in [6, 6.07) is 8.39. The summed E-state index contributed by atoms with van der Waals surface area (Å²) in [6.45, 7) is 7.56. The fourth-order valence-electron chi connectivity index (χ4n) is 2.58. The molecule has 106 valence electrons. The lowest BCUT2D eigenvalue weighted by molar-refractivity contribution is 0.541. The van der Waals surface area contributed by atoms with Gasteiger partial charge >= 0.3 is 0 Å². The van der Waals surface area contributed by atoms with E-state index in [2.05, 4.69) is 42.9 Å². The molecular weight excluding hydrogens is 248 g/mol. The fourth-order valence-corrected chi connectivity index (χ4v) is 2.58. The molecule has 0 saturated heterocycles. The van der Waals surface area contributed by atoms with Crippen LogP contribution in [0.25, 0.3) is 0 Å². The van der Waals surface area contributed by atoms with E-state index >= 15 is 0 Å². The molecule has 0 amide bonds. The van der Waals surface area contributed by atoms with E-state index in [-0.39, 0.29) is 5.41 Å². The molecule has 0 bridgehead atoms. The van der Waals surface area contributed by atoms with E-state index in [4.69, 9.17) is 10.7 Å². The van der Waals surface area contributed by atoms with Crippen molar-refractivity contribution in [2.45, 2.75) is 45.2 Å². The third-order valence-corrected chi connectivity index (χ3v) is 3.82. The van der Waals surface area contributed by atoms with Crippen molar-refractivity contribution in [1.29, 1.82) is 0 Å². The second-order valence-corrected chi connectivity index (χ2v) is 6.55. The minimum atomic E-state index is 0.0820. The van der Waals surface area contributed by atoms with Crippen molar-refractivity contribution in [3.63, 3.8) is 0 Å². The van der Waals surface area contributed by atoms with Gasteiger partial charge in [0.15, 0.2) is 0 Å². The van der Waals surface area contributed by atoms with Crippen molar-refractivity contribution in [3.8, 4) is 0 Å². The molecule has 1 aliphatic heterocycles. The molecule has 1 atom stereocenters. The zero-order valence-corrected chi connectivity index (χ0v) is 12.4. The van der Waals surface area contributed by atoms with Crippen LogP contribution in [0.4, 0.5) is 11.6 Å². The first-order chi connectivity index (χ1) is 9.43. The molecule has 4 nitrogen and oxygen atoms in total. The lowest BCUT2D eigenvalue weighted by atomic mass is 9.93. The number of nitrogens with zero attached hydrogens (tertiary/aromatic N) is 2. The highest BCUT2D eigenvalue weighted by molar-refractivity contribution is 5.45. The molecule has 20 heavy (non-hydrogen) atoms. The zero-order valence-electron chi connectivity index (χ0n) is 12.4. The predicted octanol–water partition coefficient (Wildman–Crippen LogP) is 3.32. The van der Waals surface area contributed by atoms with Gasteiger partial charge in [-0.3, -0.25) is 0 Å². The van der Waals surface area contributed by atoms with Crippen LogP contribution in [0.3, 0.4) is 0 Å². The van der Waals surface area contributed by atoms with Gasteiger partial charge in [-0.05, 0) is 24.1 Å². The fraction of sp³-hybridized carbons (Fsp3) is 0.438. The average Bonchev–Trinajstić information content (AvgIpc) is 2.81. The van der Waals surface area contributed by atoms with Gasteiger partial charge in [-0.25, -0.2) is 4.98 Å². The quantitative estimate of drug-likeness (QED) is 0.782. The third kappa shape index (κ3) is 2.38. The van der Waals surface area contributed by atoms with Crippen LogP contribution in [0.15, 0.2) is 30.5 Å². The maximum atomic E-state index is 5.87. The number of nitrogens with two attached hydrogens (primary N) is 1. The van der Waals surface area contributed by atoms with Gasteiger partial charge in [-0.2, -0.15) is 0 Å². The number of nitrogen functional groups attached to an aromatic ring is 1. The Morgan fingerprint density at radius 3 is 2.85 bits per heavy atom. The maximum absolute atomic E-state index is 5.87. The van der Waals surface area contributed by atoms with E-state index < -0.39 is 0 Å². The Morgan fingerprint density at radius 2 is 2.15 bits per heavy atom. The third-order valence-electron chi connectivity index (χ3n) is 3.82. The number of rotatable bonds is 1. The molecule has 1 aromatic heterocycles. The van der Waals surface area contributed by atoms with Crippen LogP contribution in [-0.4, -0.2) is 9.55 Å². The van der Waals surface area contributed by atoms with Gasteiger partial charge in [0.1, 0.15) is 0 Å². The standard InChI is InChI=1S/C16H22N4/c1-16(2,3)14-10-20-8-7-13(18-15(20)19-14)11-5-4-6-12(17)9-11/h4-6,9-10,13H,7-8,17H2,1-3H3,(H,18,19). The minimum Gasteiger partial charge on any atom is -0.399 e. The Balaban J connectivity index is 1.87. The van der Waals surface area contributed by atoms with Crippen molar-refractivity contribution in [2.24, 2.45) is 0 Å². The molecule has 2 heterocycles. The maximum Gasteiger partial charge on any atom is 0.203 e. The van der Waals surface area contributed by atoms with Crippen LogP contribution in [0.2, 0.25) is 0 Å². The van der Waals surface area contributed by atoms with Gasteiger partial charge in [0, 0.05) is 23.8 Å². The number of aryl methyl sites for hydroxylation is 1. The molecule has 3 rings (SSSR count). The molecule has 3 N–H and O–H groups in total. The highest BCUT2D eigenvalue weighted by Gasteiger charge is 2.24. The van der Waals surface area contributed by atoms with Crippen LogP contribution in [-0.2, 0) is 12.0 Å². The summed E-state index contributed by atoms with van der Waals surface area (Å²) in [7, 11) is 0. The van der Waals surface area contributed by atoms with Crippen molar-refractivity contribution in [2.75, 3.05) is 11.1 Å².